The molecule has 0 radical (unpaired) electrons. The predicted octanol–water partition coefficient (Wildman–Crippen LogP) is 0.163. The summed E-state index contributed by atoms with van der Waals surface area (Å²) in [6.45, 7) is 0. The van der Waals surface area contributed by atoms with E-state index in [4.69, 9.17) is 5.73 Å². The first-order valence-corrected chi connectivity index (χ1v) is 7.41. The molecule has 3 aliphatic rings. The number of halogens is 1. The fourth-order valence-corrected chi connectivity index (χ4v) is 5.08. The SMILES string of the molecule is NC(=O)C1NC2(S(=O)(=O)c3ccc(F)cc3)CC1C2. The molecule has 19 heavy (non-hydrogen) atoms. The number of sulfone groups is 1. The van der Waals surface area contributed by atoms with Crippen molar-refractivity contribution in [2.45, 2.75) is 28.6 Å². The van der Waals surface area contributed by atoms with Crippen molar-refractivity contribution in [1.82, 2.24) is 5.32 Å². The quantitative estimate of drug-likeness (QED) is 0.774. The van der Waals surface area contributed by atoms with E-state index >= 15 is 0 Å². The average molecular weight is 284 g/mol. The summed E-state index contributed by atoms with van der Waals surface area (Å²) in [4.78, 5) is 10.1. The number of hydrogen-bond acceptors (Lipinski definition) is 4. The van der Waals surface area contributed by atoms with E-state index in [1.165, 1.54) is 12.1 Å². The van der Waals surface area contributed by atoms with Gasteiger partial charge in [-0.2, -0.15) is 0 Å². The maximum absolute atomic E-state index is 12.9. The zero-order chi connectivity index (χ0) is 13.8. The van der Waals surface area contributed by atoms with Gasteiger partial charge in [0, 0.05) is 0 Å². The first-order chi connectivity index (χ1) is 8.86. The Balaban J connectivity index is 1.95. The Kier molecular flexibility index (Phi) is 2.49. The van der Waals surface area contributed by atoms with Gasteiger partial charge in [-0.05, 0) is 43.0 Å². The van der Waals surface area contributed by atoms with Crippen LogP contribution in [0, 0.1) is 11.7 Å². The number of carbonyl (C=O) groups excluding carboxylic acids is 1. The van der Waals surface area contributed by atoms with Crippen molar-refractivity contribution >= 4 is 15.7 Å². The summed E-state index contributed by atoms with van der Waals surface area (Å²) < 4.78 is 37.9. The Morgan fingerprint density at radius 2 is 1.89 bits per heavy atom. The van der Waals surface area contributed by atoms with Crippen molar-refractivity contribution in [1.29, 1.82) is 0 Å². The van der Waals surface area contributed by atoms with Crippen molar-refractivity contribution in [2.24, 2.45) is 11.7 Å². The van der Waals surface area contributed by atoms with Crippen molar-refractivity contribution < 1.29 is 17.6 Å². The zero-order valence-electron chi connectivity index (χ0n) is 9.97. The van der Waals surface area contributed by atoms with E-state index in [0.29, 0.717) is 12.8 Å². The Bertz CT molecular complexity index is 635. The van der Waals surface area contributed by atoms with Gasteiger partial charge >= 0.3 is 0 Å². The molecule has 2 heterocycles. The van der Waals surface area contributed by atoms with Crippen molar-refractivity contribution in [3.8, 4) is 0 Å². The monoisotopic (exact) mass is 284 g/mol. The molecule has 7 heteroatoms. The Morgan fingerprint density at radius 3 is 2.37 bits per heavy atom. The fraction of sp³-hybridized carbons (Fsp3) is 0.417. The molecule has 4 rings (SSSR count). The Hall–Kier alpha value is -1.47. The summed E-state index contributed by atoms with van der Waals surface area (Å²) in [5.74, 6) is -1.04. The highest BCUT2D eigenvalue weighted by Gasteiger charge is 2.64. The van der Waals surface area contributed by atoms with Crippen LogP contribution in [-0.2, 0) is 14.6 Å². The van der Waals surface area contributed by atoms with Gasteiger partial charge in [0.1, 0.15) is 10.7 Å². The van der Waals surface area contributed by atoms with E-state index < -0.39 is 32.5 Å². The lowest BCUT2D eigenvalue weighted by Crippen LogP contribution is -2.51. The van der Waals surface area contributed by atoms with Gasteiger partial charge in [-0.1, -0.05) is 0 Å². The summed E-state index contributed by atoms with van der Waals surface area (Å²) in [5.41, 5.74) is 5.23. The van der Waals surface area contributed by atoms with E-state index in [2.05, 4.69) is 5.32 Å². The molecule has 3 N–H and O–H groups in total. The molecule has 3 fully saturated rings. The largest absolute Gasteiger partial charge is 0.368 e. The van der Waals surface area contributed by atoms with Crippen LogP contribution in [0.2, 0.25) is 0 Å². The van der Waals surface area contributed by atoms with E-state index in [0.717, 1.165) is 12.1 Å². The number of hydrogen-bond donors (Lipinski definition) is 2. The van der Waals surface area contributed by atoms with E-state index in [-0.39, 0.29) is 10.8 Å². The first kappa shape index (κ1) is 12.6. The smallest absolute Gasteiger partial charge is 0.234 e. The normalized spacial score (nSPS) is 32.9. The zero-order valence-corrected chi connectivity index (χ0v) is 10.8. The average Bonchev–Trinajstić information content (AvgIpc) is 2.85. The molecule has 1 saturated carbocycles. The second kappa shape index (κ2) is 3.77. The minimum absolute atomic E-state index is 0.0206. The molecule has 2 saturated heterocycles. The third kappa shape index (κ3) is 1.61. The number of carbonyl (C=O) groups is 1. The van der Waals surface area contributed by atoms with E-state index in [1.54, 1.807) is 0 Å². The van der Waals surface area contributed by atoms with Gasteiger partial charge in [-0.3, -0.25) is 10.1 Å². The van der Waals surface area contributed by atoms with Crippen LogP contribution >= 0.6 is 0 Å². The number of nitrogens with one attached hydrogen (secondary N) is 1. The Morgan fingerprint density at radius 1 is 1.32 bits per heavy atom. The summed E-state index contributed by atoms with van der Waals surface area (Å²) in [6.07, 6.45) is 0.751. The van der Waals surface area contributed by atoms with Crippen LogP contribution in [0.5, 0.6) is 0 Å². The molecule has 102 valence electrons. The minimum atomic E-state index is -3.64. The van der Waals surface area contributed by atoms with Gasteiger partial charge in [0.2, 0.25) is 5.91 Å². The summed E-state index contributed by atoms with van der Waals surface area (Å²) in [7, 11) is -3.64. The van der Waals surface area contributed by atoms with E-state index in [1.807, 2.05) is 0 Å². The molecule has 1 unspecified atom stereocenters. The summed E-state index contributed by atoms with van der Waals surface area (Å²) in [6, 6.07) is 4.12. The third-order valence-electron chi connectivity index (χ3n) is 4.02. The predicted molar refractivity (Wildman–Crippen MR) is 65.2 cm³/mol. The maximum Gasteiger partial charge on any atom is 0.234 e. The lowest BCUT2D eigenvalue weighted by Gasteiger charge is -2.36. The highest BCUT2D eigenvalue weighted by atomic mass is 32.2. The second-order valence-electron chi connectivity index (χ2n) is 5.14. The number of primary amides is 1. The molecule has 5 nitrogen and oxygen atoms in total. The van der Waals surface area contributed by atoms with Gasteiger partial charge in [-0.25, -0.2) is 12.8 Å². The van der Waals surface area contributed by atoms with Crippen molar-refractivity contribution in [2.75, 3.05) is 0 Å². The molecule has 2 aliphatic heterocycles. The lowest BCUT2D eigenvalue weighted by atomic mass is 9.82. The van der Waals surface area contributed by atoms with E-state index in [9.17, 15) is 17.6 Å². The first-order valence-electron chi connectivity index (χ1n) is 5.93. The summed E-state index contributed by atoms with van der Waals surface area (Å²) >= 11 is 0. The Labute approximate surface area is 109 Å². The standard InChI is InChI=1S/C12H13FN2O3S/c13-8-1-3-9(4-2-8)19(17,18)12-5-7(6-12)10(15-12)11(14)16/h1-4,7,10,15H,5-6H2,(H2,14,16). The van der Waals surface area contributed by atoms with Crippen LogP contribution in [0.1, 0.15) is 12.8 Å². The third-order valence-corrected chi connectivity index (χ3v) is 6.39. The van der Waals surface area contributed by atoms with Crippen LogP contribution in [0.4, 0.5) is 4.39 Å². The molecule has 1 amide bonds. The topological polar surface area (TPSA) is 89.3 Å². The molecule has 1 aliphatic carbocycles. The van der Waals surface area contributed by atoms with Crippen molar-refractivity contribution in [3.63, 3.8) is 0 Å². The lowest BCUT2D eigenvalue weighted by molar-refractivity contribution is -0.120. The molecule has 1 aromatic rings. The van der Waals surface area contributed by atoms with Gasteiger partial charge in [0.05, 0.1) is 10.9 Å². The van der Waals surface area contributed by atoms with Crippen LogP contribution < -0.4 is 11.1 Å². The number of nitrogens with two attached hydrogens (primary N) is 1. The number of amides is 1. The van der Waals surface area contributed by atoms with Crippen LogP contribution in [-0.4, -0.2) is 25.2 Å². The van der Waals surface area contributed by atoms with Crippen LogP contribution in [0.15, 0.2) is 29.2 Å². The molecule has 0 spiro atoms. The number of benzene rings is 1. The maximum atomic E-state index is 12.9. The van der Waals surface area contributed by atoms with Gasteiger partial charge in [0.25, 0.3) is 0 Å². The van der Waals surface area contributed by atoms with Crippen LogP contribution in [0.25, 0.3) is 0 Å². The van der Waals surface area contributed by atoms with Gasteiger partial charge in [0.15, 0.2) is 9.84 Å². The molecular formula is C12H13FN2O3S. The molecular weight excluding hydrogens is 271 g/mol. The van der Waals surface area contributed by atoms with Crippen LogP contribution in [0.3, 0.4) is 0 Å². The molecule has 0 aromatic heterocycles. The highest BCUT2D eigenvalue weighted by molar-refractivity contribution is 7.92. The number of rotatable bonds is 3. The highest BCUT2D eigenvalue weighted by Crippen LogP contribution is 2.52. The molecule has 1 aromatic carbocycles. The summed E-state index contributed by atoms with van der Waals surface area (Å²) in [5, 5.41) is 2.84. The number of fused-ring (bicyclic) bond motifs is 1. The second-order valence-corrected chi connectivity index (χ2v) is 7.40. The van der Waals surface area contributed by atoms with Gasteiger partial charge in [-0.15, -0.1) is 0 Å². The molecule has 2 bridgehead atoms. The van der Waals surface area contributed by atoms with Crippen molar-refractivity contribution in [3.05, 3.63) is 30.1 Å². The van der Waals surface area contributed by atoms with Gasteiger partial charge < -0.3 is 5.73 Å². The molecule has 1 atom stereocenters. The minimum Gasteiger partial charge on any atom is -0.368 e. The fourth-order valence-electron chi connectivity index (χ4n) is 2.98.